The third-order valence-electron chi connectivity index (χ3n) is 4.16. The lowest BCUT2D eigenvalue weighted by molar-refractivity contribution is 0.0662. The number of nitrogens with one attached hydrogen (secondary N) is 1. The minimum atomic E-state index is 0.0454. The number of thioether (sulfide) groups is 1. The number of carbonyl (C=O) groups excluding carboxylic acids is 1. The van der Waals surface area contributed by atoms with Gasteiger partial charge in [-0.1, -0.05) is 11.6 Å². The molecule has 1 heterocycles. The predicted octanol–water partition coefficient (Wildman–Crippen LogP) is 3.28. The van der Waals surface area contributed by atoms with Gasteiger partial charge in [-0.25, -0.2) is 0 Å². The van der Waals surface area contributed by atoms with Crippen LogP contribution >= 0.6 is 23.4 Å². The second-order valence-corrected chi connectivity index (χ2v) is 6.74. The molecule has 3 nitrogen and oxygen atoms in total. The molecule has 20 heavy (non-hydrogen) atoms. The molecule has 1 amide bonds. The summed E-state index contributed by atoms with van der Waals surface area (Å²) in [6.45, 7) is 3.75. The van der Waals surface area contributed by atoms with Crippen LogP contribution in [0.2, 0.25) is 5.02 Å². The maximum absolute atomic E-state index is 12.6. The Morgan fingerprint density at radius 2 is 2.05 bits per heavy atom. The second-order valence-electron chi connectivity index (χ2n) is 5.45. The molecular formula is C15H21ClN2OS. The Kier molecular flexibility index (Phi) is 4.99. The highest BCUT2D eigenvalue weighted by Gasteiger charge is 2.31. The Labute approximate surface area is 130 Å². The van der Waals surface area contributed by atoms with Crippen molar-refractivity contribution in [1.29, 1.82) is 0 Å². The number of hydrogen-bond acceptors (Lipinski definition) is 3. The fourth-order valence-electron chi connectivity index (χ4n) is 2.42. The van der Waals surface area contributed by atoms with E-state index in [0.717, 1.165) is 30.8 Å². The van der Waals surface area contributed by atoms with E-state index >= 15 is 0 Å². The fraction of sp³-hybridized carbons (Fsp3) is 0.533. The third-order valence-corrected chi connectivity index (χ3v) is 5.22. The number of halogens is 1. The Hall–Kier alpha value is -0.710. The van der Waals surface area contributed by atoms with Crippen molar-refractivity contribution < 1.29 is 4.79 Å². The topological polar surface area (TPSA) is 32.3 Å². The molecule has 0 saturated carbocycles. The van der Waals surface area contributed by atoms with E-state index in [1.165, 1.54) is 0 Å². The van der Waals surface area contributed by atoms with Crippen LogP contribution in [-0.2, 0) is 0 Å². The molecule has 0 spiro atoms. The summed E-state index contributed by atoms with van der Waals surface area (Å²) < 4.78 is 0. The Morgan fingerprint density at radius 1 is 1.40 bits per heavy atom. The van der Waals surface area contributed by atoms with E-state index in [-0.39, 0.29) is 11.4 Å². The number of hydrogen-bond donors (Lipinski definition) is 1. The van der Waals surface area contributed by atoms with Gasteiger partial charge in [-0.05, 0) is 51.3 Å². The zero-order chi connectivity index (χ0) is 14.8. The lowest BCUT2D eigenvalue weighted by atomic mass is 9.89. The van der Waals surface area contributed by atoms with Gasteiger partial charge in [-0.3, -0.25) is 4.79 Å². The Bertz CT molecular complexity index is 499. The molecule has 2 rings (SSSR count). The highest BCUT2D eigenvalue weighted by Crippen LogP contribution is 2.27. The van der Waals surface area contributed by atoms with Crippen molar-refractivity contribution in [2.75, 3.05) is 26.4 Å². The number of rotatable bonds is 3. The summed E-state index contributed by atoms with van der Waals surface area (Å²) >= 11 is 7.80. The highest BCUT2D eigenvalue weighted by atomic mass is 35.5. The normalized spacial score (nSPS) is 18.1. The minimum Gasteiger partial charge on any atom is -0.338 e. The predicted molar refractivity (Wildman–Crippen MR) is 85.8 cm³/mol. The first kappa shape index (κ1) is 15.7. The van der Waals surface area contributed by atoms with Gasteiger partial charge in [0.1, 0.15) is 0 Å². The van der Waals surface area contributed by atoms with Crippen molar-refractivity contribution >= 4 is 29.3 Å². The van der Waals surface area contributed by atoms with Gasteiger partial charge in [-0.15, -0.1) is 11.8 Å². The van der Waals surface area contributed by atoms with Gasteiger partial charge in [-0.2, -0.15) is 0 Å². The molecule has 1 saturated heterocycles. The number of amides is 1. The van der Waals surface area contributed by atoms with E-state index in [9.17, 15) is 4.79 Å². The van der Waals surface area contributed by atoms with Crippen molar-refractivity contribution in [3.05, 3.63) is 28.8 Å². The zero-order valence-electron chi connectivity index (χ0n) is 12.2. The first-order chi connectivity index (χ1) is 9.49. The molecule has 1 aliphatic rings. The largest absolute Gasteiger partial charge is 0.338 e. The molecule has 1 aromatic carbocycles. The molecule has 0 unspecified atom stereocenters. The van der Waals surface area contributed by atoms with Gasteiger partial charge in [0.25, 0.3) is 5.91 Å². The summed E-state index contributed by atoms with van der Waals surface area (Å²) in [6, 6.07) is 5.64. The highest BCUT2D eigenvalue weighted by molar-refractivity contribution is 7.98. The molecule has 1 N–H and O–H groups in total. The smallest absolute Gasteiger partial charge is 0.255 e. The third kappa shape index (κ3) is 3.30. The summed E-state index contributed by atoms with van der Waals surface area (Å²) in [5.41, 5.74) is 0.758. The van der Waals surface area contributed by atoms with Gasteiger partial charge in [0.05, 0.1) is 10.6 Å². The average molecular weight is 313 g/mol. The van der Waals surface area contributed by atoms with Crippen LogP contribution in [0.4, 0.5) is 0 Å². The van der Waals surface area contributed by atoms with Gasteiger partial charge in [0, 0.05) is 23.5 Å². The number of likely N-dealkylation sites (tertiary alicyclic amines) is 1. The molecule has 1 aliphatic heterocycles. The molecule has 0 aromatic heterocycles. The van der Waals surface area contributed by atoms with Crippen LogP contribution in [0.25, 0.3) is 0 Å². The van der Waals surface area contributed by atoms with Crippen molar-refractivity contribution in [2.45, 2.75) is 30.2 Å². The summed E-state index contributed by atoms with van der Waals surface area (Å²) in [5, 5.41) is 3.88. The van der Waals surface area contributed by atoms with Crippen molar-refractivity contribution in [3.8, 4) is 0 Å². The molecule has 0 bridgehead atoms. The van der Waals surface area contributed by atoms with Gasteiger partial charge >= 0.3 is 0 Å². The lowest BCUT2D eigenvalue weighted by Crippen LogP contribution is -2.51. The molecule has 110 valence electrons. The van der Waals surface area contributed by atoms with Crippen LogP contribution in [0.5, 0.6) is 0 Å². The van der Waals surface area contributed by atoms with Gasteiger partial charge < -0.3 is 10.2 Å². The number of benzene rings is 1. The summed E-state index contributed by atoms with van der Waals surface area (Å²) in [6.07, 6.45) is 3.93. The quantitative estimate of drug-likeness (QED) is 0.869. The van der Waals surface area contributed by atoms with E-state index in [4.69, 9.17) is 11.6 Å². The molecule has 0 radical (unpaired) electrons. The number of carbonyl (C=O) groups is 1. The monoisotopic (exact) mass is 312 g/mol. The van der Waals surface area contributed by atoms with Crippen LogP contribution in [0.3, 0.4) is 0 Å². The van der Waals surface area contributed by atoms with E-state index in [2.05, 4.69) is 12.2 Å². The van der Waals surface area contributed by atoms with Crippen molar-refractivity contribution in [2.24, 2.45) is 0 Å². The maximum Gasteiger partial charge on any atom is 0.255 e. The standard InChI is InChI=1S/C15H21ClN2OS/c1-15(17-2)6-8-18(9-7-15)14(19)12-10-11(20-3)4-5-13(12)16/h4-5,10,17H,6-9H2,1-3H3. The fourth-order valence-corrected chi connectivity index (χ4v) is 3.06. The first-order valence-electron chi connectivity index (χ1n) is 6.81. The van der Waals surface area contributed by atoms with Crippen LogP contribution in [0.1, 0.15) is 30.1 Å². The molecule has 1 aromatic rings. The summed E-state index contributed by atoms with van der Waals surface area (Å²) in [4.78, 5) is 15.6. The van der Waals surface area contributed by atoms with Crippen LogP contribution in [0.15, 0.2) is 23.1 Å². The van der Waals surface area contributed by atoms with E-state index in [0.29, 0.717) is 10.6 Å². The molecular weight excluding hydrogens is 292 g/mol. The Morgan fingerprint density at radius 3 is 2.60 bits per heavy atom. The van der Waals surface area contributed by atoms with Gasteiger partial charge in [0.2, 0.25) is 0 Å². The minimum absolute atomic E-state index is 0.0454. The van der Waals surface area contributed by atoms with Crippen LogP contribution in [0, 0.1) is 0 Å². The maximum atomic E-state index is 12.6. The van der Waals surface area contributed by atoms with Crippen LogP contribution < -0.4 is 5.32 Å². The van der Waals surface area contributed by atoms with E-state index in [1.807, 2.05) is 36.4 Å². The van der Waals surface area contributed by atoms with Crippen LogP contribution in [-0.4, -0.2) is 42.7 Å². The first-order valence-corrected chi connectivity index (χ1v) is 8.41. The lowest BCUT2D eigenvalue weighted by Gasteiger charge is -2.39. The SMILES string of the molecule is CNC1(C)CCN(C(=O)c2cc(SC)ccc2Cl)CC1. The van der Waals surface area contributed by atoms with E-state index < -0.39 is 0 Å². The molecule has 0 atom stereocenters. The van der Waals surface area contributed by atoms with E-state index in [1.54, 1.807) is 11.8 Å². The molecule has 0 aliphatic carbocycles. The average Bonchev–Trinajstić information content (AvgIpc) is 2.48. The zero-order valence-corrected chi connectivity index (χ0v) is 13.8. The van der Waals surface area contributed by atoms with Crippen molar-refractivity contribution in [3.63, 3.8) is 0 Å². The summed E-state index contributed by atoms with van der Waals surface area (Å²) in [5.74, 6) is 0.0454. The van der Waals surface area contributed by atoms with Crippen molar-refractivity contribution in [1.82, 2.24) is 10.2 Å². The number of nitrogens with zero attached hydrogens (tertiary/aromatic N) is 1. The molecule has 1 fully saturated rings. The van der Waals surface area contributed by atoms with Gasteiger partial charge in [0.15, 0.2) is 0 Å². The summed E-state index contributed by atoms with van der Waals surface area (Å²) in [7, 11) is 1.98. The number of piperidine rings is 1. The Balaban J connectivity index is 2.13. The second kappa shape index (κ2) is 6.37. The molecule has 5 heteroatoms.